The summed E-state index contributed by atoms with van der Waals surface area (Å²) in [7, 11) is -1.04. The molecule has 1 saturated heterocycles. The van der Waals surface area contributed by atoms with Crippen molar-refractivity contribution < 1.29 is 9.31 Å². The third-order valence-electron chi connectivity index (χ3n) is 1.85. The molecule has 1 fully saturated rings. The lowest BCUT2D eigenvalue weighted by molar-refractivity contribution is 0.257. The lowest BCUT2D eigenvalue weighted by Crippen LogP contribution is -2.17. The topological polar surface area (TPSA) is 18.5 Å². The summed E-state index contributed by atoms with van der Waals surface area (Å²) in [6, 6.07) is 0. The Morgan fingerprint density at radius 2 is 2.15 bits per heavy atom. The molecule has 1 unspecified atom stereocenters. The molecular weight excluding hydrogens is 179 g/mol. The Balaban J connectivity index is 2.23. The molecule has 0 bridgehead atoms. The van der Waals surface area contributed by atoms with Gasteiger partial charge in [0.1, 0.15) is 0 Å². The maximum absolute atomic E-state index is 5.52. The first-order valence-electron chi connectivity index (χ1n) is 4.92. The molecule has 0 N–H and O–H groups in total. The van der Waals surface area contributed by atoms with Crippen LogP contribution in [0.5, 0.6) is 0 Å². The maximum atomic E-state index is 5.52. The largest absolute Gasteiger partial charge is 0.461 e. The molecule has 0 amide bonds. The molecule has 4 heteroatoms. The van der Waals surface area contributed by atoms with Crippen LogP contribution in [-0.2, 0) is 9.31 Å². The van der Waals surface area contributed by atoms with Crippen LogP contribution in [0.2, 0.25) is 26.0 Å². The van der Waals surface area contributed by atoms with Gasteiger partial charge in [0.15, 0.2) is 0 Å². The van der Waals surface area contributed by atoms with Crippen LogP contribution in [-0.4, -0.2) is 27.9 Å². The molecule has 1 atom stereocenters. The summed E-state index contributed by atoms with van der Waals surface area (Å²) < 4.78 is 10.9. The molecule has 0 aromatic carbocycles. The SMILES string of the molecule is CC1COB(C/C=C/[Si](C)(C)C)O1. The van der Waals surface area contributed by atoms with Crippen LogP contribution >= 0.6 is 0 Å². The van der Waals surface area contributed by atoms with Gasteiger partial charge in [-0.1, -0.05) is 31.4 Å². The van der Waals surface area contributed by atoms with Crippen LogP contribution in [0.3, 0.4) is 0 Å². The molecule has 0 aromatic heterocycles. The van der Waals surface area contributed by atoms with Gasteiger partial charge >= 0.3 is 7.12 Å². The summed E-state index contributed by atoms with van der Waals surface area (Å²) >= 11 is 0. The van der Waals surface area contributed by atoms with Gasteiger partial charge in [0.2, 0.25) is 0 Å². The zero-order chi connectivity index (χ0) is 9.90. The molecule has 1 rings (SSSR count). The van der Waals surface area contributed by atoms with Crippen molar-refractivity contribution in [2.24, 2.45) is 0 Å². The summed E-state index contributed by atoms with van der Waals surface area (Å²) in [6.45, 7) is 9.75. The highest BCUT2D eigenvalue weighted by Crippen LogP contribution is 2.12. The molecule has 1 aliphatic rings. The van der Waals surface area contributed by atoms with Gasteiger partial charge in [-0.3, -0.25) is 0 Å². The molecule has 13 heavy (non-hydrogen) atoms. The summed E-state index contributed by atoms with van der Waals surface area (Å²) in [5.74, 6) is 0. The molecule has 74 valence electrons. The zero-order valence-electron chi connectivity index (χ0n) is 9.04. The Hall–Kier alpha value is -0.0582. The zero-order valence-corrected chi connectivity index (χ0v) is 10.0. The molecular formula is C9H19BO2Si. The van der Waals surface area contributed by atoms with Crippen molar-refractivity contribution in [2.45, 2.75) is 39.0 Å². The van der Waals surface area contributed by atoms with E-state index in [1.807, 2.05) is 6.92 Å². The van der Waals surface area contributed by atoms with Crippen LogP contribution < -0.4 is 0 Å². The van der Waals surface area contributed by atoms with E-state index in [4.69, 9.17) is 9.31 Å². The van der Waals surface area contributed by atoms with E-state index in [1.165, 1.54) is 0 Å². The lowest BCUT2D eigenvalue weighted by atomic mass is 9.86. The predicted molar refractivity (Wildman–Crippen MR) is 59.5 cm³/mol. The van der Waals surface area contributed by atoms with Crippen LogP contribution in [0.1, 0.15) is 6.92 Å². The number of hydrogen-bond donors (Lipinski definition) is 0. The minimum absolute atomic E-state index is 0.00241. The van der Waals surface area contributed by atoms with Crippen LogP contribution in [0.4, 0.5) is 0 Å². The molecule has 0 saturated carbocycles. The maximum Gasteiger partial charge on any atom is 0.461 e. The van der Waals surface area contributed by atoms with Crippen LogP contribution in [0, 0.1) is 0 Å². The van der Waals surface area contributed by atoms with Crippen LogP contribution in [0.25, 0.3) is 0 Å². The Kier molecular flexibility index (Phi) is 3.76. The molecule has 1 aliphatic heterocycles. The molecule has 2 nitrogen and oxygen atoms in total. The first-order valence-corrected chi connectivity index (χ1v) is 8.50. The fourth-order valence-electron chi connectivity index (χ4n) is 1.24. The van der Waals surface area contributed by atoms with Crippen molar-refractivity contribution in [2.75, 3.05) is 6.61 Å². The van der Waals surface area contributed by atoms with Crippen molar-refractivity contribution in [3.8, 4) is 0 Å². The van der Waals surface area contributed by atoms with Crippen molar-refractivity contribution in [3.63, 3.8) is 0 Å². The average molecular weight is 198 g/mol. The quantitative estimate of drug-likeness (QED) is 0.648. The molecule has 0 aliphatic carbocycles. The minimum atomic E-state index is -1.04. The summed E-state index contributed by atoms with van der Waals surface area (Å²) in [5, 5.41) is 0. The van der Waals surface area contributed by atoms with Crippen molar-refractivity contribution in [1.82, 2.24) is 0 Å². The average Bonchev–Trinajstić information content (AvgIpc) is 2.33. The van der Waals surface area contributed by atoms with E-state index in [2.05, 4.69) is 31.4 Å². The Labute approximate surface area is 82.5 Å². The van der Waals surface area contributed by atoms with E-state index in [-0.39, 0.29) is 13.2 Å². The smallest absolute Gasteiger partial charge is 0.408 e. The van der Waals surface area contributed by atoms with E-state index in [0.29, 0.717) is 0 Å². The second kappa shape index (κ2) is 4.44. The fraction of sp³-hybridized carbons (Fsp3) is 0.778. The van der Waals surface area contributed by atoms with Gasteiger partial charge in [-0.25, -0.2) is 0 Å². The normalized spacial score (nSPS) is 24.6. The number of hydrogen-bond acceptors (Lipinski definition) is 2. The van der Waals surface area contributed by atoms with Crippen LogP contribution in [0.15, 0.2) is 11.8 Å². The highest BCUT2D eigenvalue weighted by atomic mass is 28.3. The second-order valence-electron chi connectivity index (χ2n) is 4.71. The summed E-state index contributed by atoms with van der Waals surface area (Å²) in [5.41, 5.74) is 2.34. The predicted octanol–water partition coefficient (Wildman–Crippen LogP) is 2.34. The fourth-order valence-corrected chi connectivity index (χ4v) is 2.08. The summed E-state index contributed by atoms with van der Waals surface area (Å²) in [4.78, 5) is 0. The minimum Gasteiger partial charge on any atom is -0.408 e. The lowest BCUT2D eigenvalue weighted by Gasteiger charge is -2.08. The highest BCUT2D eigenvalue weighted by molar-refractivity contribution is 6.81. The van der Waals surface area contributed by atoms with E-state index < -0.39 is 8.07 Å². The van der Waals surface area contributed by atoms with Crippen molar-refractivity contribution in [1.29, 1.82) is 0 Å². The Morgan fingerprint density at radius 3 is 2.62 bits per heavy atom. The highest BCUT2D eigenvalue weighted by Gasteiger charge is 2.27. The molecule has 0 aromatic rings. The molecule has 0 spiro atoms. The van der Waals surface area contributed by atoms with Gasteiger partial charge in [-0.15, -0.1) is 0 Å². The van der Waals surface area contributed by atoms with E-state index >= 15 is 0 Å². The first-order chi connectivity index (χ1) is 5.97. The van der Waals surface area contributed by atoms with Gasteiger partial charge in [-0.05, 0) is 13.2 Å². The van der Waals surface area contributed by atoms with E-state index in [1.54, 1.807) is 0 Å². The number of allylic oxidation sites excluding steroid dienone is 1. The standard InChI is InChI=1S/C9H19BO2Si/c1-9-8-11-10(12-9)6-5-7-13(2,3)4/h5,7,9H,6,8H2,1-4H3/b7-5+. The molecule has 1 heterocycles. The third-order valence-corrected chi connectivity index (χ3v) is 3.08. The summed E-state index contributed by atoms with van der Waals surface area (Å²) in [6.07, 6.45) is 3.37. The second-order valence-corrected chi connectivity index (χ2v) is 9.78. The molecule has 0 radical (unpaired) electrons. The van der Waals surface area contributed by atoms with Crippen molar-refractivity contribution in [3.05, 3.63) is 11.8 Å². The number of rotatable bonds is 3. The first kappa shape index (κ1) is 11.0. The monoisotopic (exact) mass is 198 g/mol. The van der Waals surface area contributed by atoms with E-state index in [9.17, 15) is 0 Å². The van der Waals surface area contributed by atoms with Gasteiger partial charge < -0.3 is 9.31 Å². The third kappa shape index (κ3) is 4.64. The van der Waals surface area contributed by atoms with Crippen molar-refractivity contribution >= 4 is 15.2 Å². The van der Waals surface area contributed by atoms with Gasteiger partial charge in [0, 0.05) is 0 Å². The Bertz CT molecular complexity index is 189. The van der Waals surface area contributed by atoms with Gasteiger partial charge in [-0.2, -0.15) is 0 Å². The van der Waals surface area contributed by atoms with Gasteiger partial charge in [0.05, 0.1) is 20.8 Å². The van der Waals surface area contributed by atoms with E-state index in [0.717, 1.165) is 12.9 Å². The van der Waals surface area contributed by atoms with Gasteiger partial charge in [0.25, 0.3) is 0 Å². The Morgan fingerprint density at radius 1 is 1.46 bits per heavy atom.